The number of rotatable bonds is 4. The third kappa shape index (κ3) is 2.72. The summed E-state index contributed by atoms with van der Waals surface area (Å²) in [6.45, 7) is 1.60. The molecule has 2 heterocycles. The van der Waals surface area contributed by atoms with Crippen LogP contribution in [0.5, 0.6) is 0 Å². The molecule has 1 aromatic heterocycles. The van der Waals surface area contributed by atoms with Gasteiger partial charge >= 0.3 is 0 Å². The lowest BCUT2D eigenvalue weighted by Gasteiger charge is -2.19. The molecule has 0 radical (unpaired) electrons. The van der Waals surface area contributed by atoms with Crippen molar-refractivity contribution in [1.29, 1.82) is 0 Å². The minimum Gasteiger partial charge on any atom is -0.273 e. The van der Waals surface area contributed by atoms with E-state index in [1.165, 1.54) is 4.88 Å². The fourth-order valence-corrected chi connectivity index (χ4v) is 1.95. The first-order valence-corrected chi connectivity index (χ1v) is 5.58. The molecule has 0 saturated carbocycles. The van der Waals surface area contributed by atoms with E-state index in [1.54, 1.807) is 11.3 Å². The molecule has 0 aromatic carbocycles. The first-order chi connectivity index (χ1) is 6.95. The molecule has 0 unspecified atom stereocenters. The summed E-state index contributed by atoms with van der Waals surface area (Å²) in [6, 6.07) is 4.21. The fourth-order valence-electron chi connectivity index (χ4n) is 1.26. The standard InChI is InChI=1S/C11H13NOS/c1-2-7-12(8-3-1)13-9-6-11-5-4-10-14-11/h1-5,7,10H,6,8-9H2. The van der Waals surface area contributed by atoms with E-state index in [1.807, 2.05) is 23.4 Å². The lowest BCUT2D eigenvalue weighted by molar-refractivity contribution is -0.111. The van der Waals surface area contributed by atoms with Crippen molar-refractivity contribution in [3.63, 3.8) is 0 Å². The van der Waals surface area contributed by atoms with Crippen LogP contribution in [-0.4, -0.2) is 18.2 Å². The summed E-state index contributed by atoms with van der Waals surface area (Å²) in [4.78, 5) is 6.93. The van der Waals surface area contributed by atoms with Crippen molar-refractivity contribution in [3.8, 4) is 0 Å². The summed E-state index contributed by atoms with van der Waals surface area (Å²) >= 11 is 1.78. The second kappa shape index (κ2) is 4.98. The predicted molar refractivity (Wildman–Crippen MR) is 59.0 cm³/mol. The first-order valence-electron chi connectivity index (χ1n) is 4.70. The highest BCUT2D eigenvalue weighted by molar-refractivity contribution is 7.09. The SMILES string of the molecule is C1=CCN(OCCc2cccs2)C=C1. The van der Waals surface area contributed by atoms with Gasteiger partial charge in [-0.1, -0.05) is 18.2 Å². The summed E-state index contributed by atoms with van der Waals surface area (Å²) in [5.41, 5.74) is 0. The zero-order valence-corrected chi connectivity index (χ0v) is 8.74. The molecule has 14 heavy (non-hydrogen) atoms. The third-order valence-electron chi connectivity index (χ3n) is 1.97. The van der Waals surface area contributed by atoms with Gasteiger partial charge in [-0.05, 0) is 17.5 Å². The monoisotopic (exact) mass is 207 g/mol. The van der Waals surface area contributed by atoms with Gasteiger partial charge in [-0.15, -0.1) is 11.3 Å². The second-order valence-electron chi connectivity index (χ2n) is 3.03. The van der Waals surface area contributed by atoms with Crippen LogP contribution in [-0.2, 0) is 11.3 Å². The number of nitrogens with zero attached hydrogens (tertiary/aromatic N) is 1. The van der Waals surface area contributed by atoms with E-state index in [4.69, 9.17) is 4.84 Å². The number of hydroxylamine groups is 2. The summed E-state index contributed by atoms with van der Waals surface area (Å²) in [5, 5.41) is 3.95. The van der Waals surface area contributed by atoms with Crippen molar-refractivity contribution in [2.24, 2.45) is 0 Å². The molecule has 1 aromatic rings. The Hall–Kier alpha value is -1.06. The Morgan fingerprint density at radius 3 is 3.14 bits per heavy atom. The number of hydrogen-bond donors (Lipinski definition) is 0. The fraction of sp³-hybridized carbons (Fsp3) is 0.273. The average Bonchev–Trinajstić information content (AvgIpc) is 2.72. The lowest BCUT2D eigenvalue weighted by atomic mass is 10.4. The summed E-state index contributed by atoms with van der Waals surface area (Å²) < 4.78 is 0. The molecule has 3 heteroatoms. The van der Waals surface area contributed by atoms with Gasteiger partial charge in [0.25, 0.3) is 0 Å². The van der Waals surface area contributed by atoms with Crippen LogP contribution < -0.4 is 0 Å². The van der Waals surface area contributed by atoms with Gasteiger partial charge in [-0.25, -0.2) is 0 Å². The normalized spacial score (nSPS) is 15.0. The molecule has 0 amide bonds. The molecule has 1 aliphatic heterocycles. The van der Waals surface area contributed by atoms with Gasteiger partial charge in [0.1, 0.15) is 0 Å². The molecule has 0 fully saturated rings. The van der Waals surface area contributed by atoms with Crippen LogP contribution in [0.2, 0.25) is 0 Å². The van der Waals surface area contributed by atoms with Crippen molar-refractivity contribution < 1.29 is 4.84 Å². The zero-order chi connectivity index (χ0) is 9.64. The van der Waals surface area contributed by atoms with E-state index in [0.29, 0.717) is 0 Å². The highest BCUT2D eigenvalue weighted by atomic mass is 32.1. The Kier molecular flexibility index (Phi) is 3.38. The molecule has 74 valence electrons. The molecular weight excluding hydrogens is 194 g/mol. The molecule has 2 nitrogen and oxygen atoms in total. The van der Waals surface area contributed by atoms with Crippen molar-refractivity contribution >= 4 is 11.3 Å². The Labute approximate surface area is 88.1 Å². The van der Waals surface area contributed by atoms with Crippen molar-refractivity contribution in [1.82, 2.24) is 5.06 Å². The largest absolute Gasteiger partial charge is 0.273 e. The molecule has 2 rings (SSSR count). The molecule has 0 saturated heterocycles. The zero-order valence-electron chi connectivity index (χ0n) is 7.93. The Morgan fingerprint density at radius 2 is 2.43 bits per heavy atom. The summed E-state index contributed by atoms with van der Waals surface area (Å²) in [7, 11) is 0. The number of allylic oxidation sites excluding steroid dienone is 2. The minimum atomic E-state index is 0.749. The van der Waals surface area contributed by atoms with Gasteiger partial charge in [0, 0.05) is 17.5 Å². The van der Waals surface area contributed by atoms with E-state index in [9.17, 15) is 0 Å². The minimum absolute atomic E-state index is 0.749. The first kappa shape index (κ1) is 9.49. The molecule has 1 aliphatic rings. The van der Waals surface area contributed by atoms with Gasteiger partial charge < -0.3 is 0 Å². The average molecular weight is 207 g/mol. The van der Waals surface area contributed by atoms with Crippen molar-refractivity contribution in [2.45, 2.75) is 6.42 Å². The van der Waals surface area contributed by atoms with Crippen LogP contribution in [0.3, 0.4) is 0 Å². The van der Waals surface area contributed by atoms with Gasteiger partial charge in [-0.3, -0.25) is 9.90 Å². The van der Waals surface area contributed by atoms with E-state index < -0.39 is 0 Å². The molecule has 0 spiro atoms. The Bertz CT molecular complexity index is 316. The van der Waals surface area contributed by atoms with Gasteiger partial charge in [0.2, 0.25) is 0 Å². The smallest absolute Gasteiger partial charge is 0.0796 e. The van der Waals surface area contributed by atoms with Crippen LogP contribution in [0.25, 0.3) is 0 Å². The highest BCUT2D eigenvalue weighted by Crippen LogP contribution is 2.09. The van der Waals surface area contributed by atoms with Crippen LogP contribution in [0.15, 0.2) is 41.9 Å². The van der Waals surface area contributed by atoms with Gasteiger partial charge in [-0.2, -0.15) is 0 Å². The maximum absolute atomic E-state index is 5.56. The van der Waals surface area contributed by atoms with E-state index in [2.05, 4.69) is 23.6 Å². The predicted octanol–water partition coefficient (Wildman–Crippen LogP) is 2.61. The topological polar surface area (TPSA) is 12.5 Å². The Balaban J connectivity index is 1.68. The van der Waals surface area contributed by atoms with Crippen LogP contribution in [0, 0.1) is 0 Å². The molecule has 0 bridgehead atoms. The van der Waals surface area contributed by atoms with Crippen LogP contribution in [0.1, 0.15) is 4.88 Å². The van der Waals surface area contributed by atoms with Crippen molar-refractivity contribution in [3.05, 3.63) is 46.8 Å². The Morgan fingerprint density at radius 1 is 1.43 bits per heavy atom. The quantitative estimate of drug-likeness (QED) is 0.752. The van der Waals surface area contributed by atoms with Crippen molar-refractivity contribution in [2.75, 3.05) is 13.2 Å². The maximum atomic E-state index is 5.56. The molecule has 0 N–H and O–H groups in total. The van der Waals surface area contributed by atoms with Gasteiger partial charge in [0.05, 0.1) is 13.2 Å². The van der Waals surface area contributed by atoms with E-state index >= 15 is 0 Å². The molecular formula is C11H13NOS. The van der Waals surface area contributed by atoms with Crippen LogP contribution in [0.4, 0.5) is 0 Å². The number of hydrogen-bond acceptors (Lipinski definition) is 3. The van der Waals surface area contributed by atoms with Crippen LogP contribution >= 0.6 is 11.3 Å². The van der Waals surface area contributed by atoms with Gasteiger partial charge in [0.15, 0.2) is 0 Å². The summed E-state index contributed by atoms with van der Waals surface area (Å²) in [6.07, 6.45) is 9.03. The van der Waals surface area contributed by atoms with E-state index in [-0.39, 0.29) is 0 Å². The highest BCUT2D eigenvalue weighted by Gasteiger charge is 2.00. The molecule has 0 atom stereocenters. The third-order valence-corrected chi connectivity index (χ3v) is 2.91. The van der Waals surface area contributed by atoms with E-state index in [0.717, 1.165) is 19.6 Å². The lowest BCUT2D eigenvalue weighted by Crippen LogP contribution is -2.20. The maximum Gasteiger partial charge on any atom is 0.0796 e. The summed E-state index contributed by atoms with van der Waals surface area (Å²) in [5.74, 6) is 0. The second-order valence-corrected chi connectivity index (χ2v) is 4.06. The number of thiophene rings is 1. The molecule has 0 aliphatic carbocycles.